The number of ether oxygens (including phenoxy) is 1. The number of carbonyl (C=O) groups is 1. The third kappa shape index (κ3) is 3.31. The molecule has 134 valence electrons. The Labute approximate surface area is 157 Å². The van der Waals surface area contributed by atoms with Gasteiger partial charge in [-0.05, 0) is 42.5 Å². The van der Waals surface area contributed by atoms with Crippen molar-refractivity contribution in [2.24, 2.45) is 0 Å². The topological polar surface area (TPSA) is 51.2 Å². The number of methoxy groups -OCH3 is 1. The van der Waals surface area contributed by atoms with Crippen molar-refractivity contribution in [3.63, 3.8) is 0 Å². The lowest BCUT2D eigenvalue weighted by Gasteiger charge is -2.22. The zero-order valence-corrected chi connectivity index (χ0v) is 15.6. The number of aromatic nitrogens is 1. The third-order valence-corrected chi connectivity index (χ3v) is 6.08. The molecule has 4 nitrogen and oxygen atoms in total. The van der Waals surface area contributed by atoms with Crippen molar-refractivity contribution < 1.29 is 9.53 Å². The summed E-state index contributed by atoms with van der Waals surface area (Å²) in [5, 5.41) is 3.56. The molecular weight excluding hydrogens is 344 g/mol. The first-order valence-electron chi connectivity index (χ1n) is 9.10. The highest BCUT2D eigenvalue weighted by Gasteiger charge is 2.22. The molecule has 0 unspecified atom stereocenters. The number of carbonyl (C=O) groups excluding carboxylic acids is 1. The van der Waals surface area contributed by atoms with Crippen LogP contribution in [0.5, 0.6) is 5.75 Å². The van der Waals surface area contributed by atoms with Crippen molar-refractivity contribution in [3.8, 4) is 5.75 Å². The first kappa shape index (κ1) is 17.0. The van der Waals surface area contributed by atoms with Gasteiger partial charge in [-0.25, -0.2) is 4.98 Å². The Morgan fingerprint density at radius 2 is 1.88 bits per heavy atom. The number of hydrogen-bond donors (Lipinski definition) is 1. The summed E-state index contributed by atoms with van der Waals surface area (Å²) in [7, 11) is 1.66. The quantitative estimate of drug-likeness (QED) is 0.653. The average molecular weight is 366 g/mol. The first-order valence-corrected chi connectivity index (χ1v) is 9.91. The fourth-order valence-electron chi connectivity index (χ4n) is 3.71. The molecule has 4 rings (SSSR count). The molecule has 0 atom stereocenters. The molecule has 1 aliphatic rings. The van der Waals surface area contributed by atoms with Crippen LogP contribution in [-0.2, 0) is 0 Å². The summed E-state index contributed by atoms with van der Waals surface area (Å²) in [6.07, 6.45) is 6.36. The van der Waals surface area contributed by atoms with Crippen LogP contribution in [-0.4, -0.2) is 18.0 Å². The molecule has 0 radical (unpaired) electrons. The summed E-state index contributed by atoms with van der Waals surface area (Å²) >= 11 is 1.55. The maximum absolute atomic E-state index is 12.5. The highest BCUT2D eigenvalue weighted by atomic mass is 32.1. The maximum Gasteiger partial charge on any atom is 0.257 e. The van der Waals surface area contributed by atoms with Gasteiger partial charge in [0, 0.05) is 5.56 Å². The van der Waals surface area contributed by atoms with Crippen molar-refractivity contribution in [2.75, 3.05) is 12.4 Å². The fourth-order valence-corrected chi connectivity index (χ4v) is 4.78. The standard InChI is InChI=1S/C21H22N2O2S/c1-25-17-13-12-16(14-8-4-2-5-9-14)19-18(17)22-21(26-19)23-20(24)15-10-6-3-7-11-15/h3,6-7,10-14H,2,4-5,8-9H2,1H3,(H,22,23,24). The molecule has 5 heteroatoms. The van der Waals surface area contributed by atoms with Crippen LogP contribution >= 0.6 is 11.3 Å². The second kappa shape index (κ2) is 7.46. The van der Waals surface area contributed by atoms with E-state index in [1.807, 2.05) is 24.3 Å². The molecule has 1 aromatic heterocycles. The molecule has 1 heterocycles. The number of nitrogens with one attached hydrogen (secondary N) is 1. The van der Waals surface area contributed by atoms with Gasteiger partial charge in [-0.3, -0.25) is 10.1 Å². The number of anilines is 1. The van der Waals surface area contributed by atoms with Crippen LogP contribution in [0.25, 0.3) is 10.2 Å². The molecule has 2 aromatic carbocycles. The lowest BCUT2D eigenvalue weighted by atomic mass is 9.84. The van der Waals surface area contributed by atoms with Gasteiger partial charge in [-0.1, -0.05) is 54.9 Å². The molecule has 1 saturated carbocycles. The van der Waals surface area contributed by atoms with E-state index in [2.05, 4.69) is 16.4 Å². The summed E-state index contributed by atoms with van der Waals surface area (Å²) < 4.78 is 6.64. The molecule has 1 amide bonds. The number of thiazole rings is 1. The van der Waals surface area contributed by atoms with E-state index < -0.39 is 0 Å². The lowest BCUT2D eigenvalue weighted by molar-refractivity contribution is 0.102. The van der Waals surface area contributed by atoms with Gasteiger partial charge in [-0.2, -0.15) is 0 Å². The third-order valence-electron chi connectivity index (χ3n) is 5.06. The van der Waals surface area contributed by atoms with Crippen molar-refractivity contribution in [2.45, 2.75) is 38.0 Å². The van der Waals surface area contributed by atoms with Crippen LogP contribution < -0.4 is 10.1 Å². The van der Waals surface area contributed by atoms with Gasteiger partial charge >= 0.3 is 0 Å². The Morgan fingerprint density at radius 3 is 2.62 bits per heavy atom. The van der Waals surface area contributed by atoms with Crippen molar-refractivity contribution in [1.29, 1.82) is 0 Å². The van der Waals surface area contributed by atoms with Gasteiger partial charge in [0.25, 0.3) is 5.91 Å². The normalized spacial score (nSPS) is 15.1. The van der Waals surface area contributed by atoms with Gasteiger partial charge in [0.15, 0.2) is 5.13 Å². The molecular formula is C21H22N2O2S. The molecule has 0 saturated heterocycles. The molecule has 0 bridgehead atoms. The Kier molecular flexibility index (Phi) is 4.89. The smallest absolute Gasteiger partial charge is 0.257 e. The largest absolute Gasteiger partial charge is 0.494 e. The van der Waals surface area contributed by atoms with E-state index in [0.29, 0.717) is 16.6 Å². The SMILES string of the molecule is COc1ccc(C2CCCCC2)c2sc(NC(=O)c3ccccc3)nc12. The molecule has 1 aliphatic carbocycles. The van der Waals surface area contributed by atoms with Gasteiger partial charge in [-0.15, -0.1) is 0 Å². The predicted molar refractivity (Wildman–Crippen MR) is 106 cm³/mol. The zero-order valence-electron chi connectivity index (χ0n) is 14.8. The number of fused-ring (bicyclic) bond motifs is 1. The molecule has 0 spiro atoms. The predicted octanol–water partition coefficient (Wildman–Crippen LogP) is 5.60. The summed E-state index contributed by atoms with van der Waals surface area (Å²) in [6.45, 7) is 0. The van der Waals surface area contributed by atoms with E-state index in [0.717, 1.165) is 16.0 Å². The molecule has 0 aliphatic heterocycles. The number of amides is 1. The zero-order chi connectivity index (χ0) is 17.9. The second-order valence-corrected chi connectivity index (χ2v) is 7.71. The van der Waals surface area contributed by atoms with Gasteiger partial charge in [0.1, 0.15) is 11.3 Å². The molecule has 1 fully saturated rings. The summed E-state index contributed by atoms with van der Waals surface area (Å²) in [5.74, 6) is 1.20. The first-order chi connectivity index (χ1) is 12.8. The van der Waals surface area contributed by atoms with Crippen LogP contribution in [0.1, 0.15) is 53.9 Å². The van der Waals surface area contributed by atoms with Crippen LogP contribution in [0.2, 0.25) is 0 Å². The minimum atomic E-state index is -0.136. The van der Waals surface area contributed by atoms with Crippen molar-refractivity contribution in [3.05, 3.63) is 53.6 Å². The Bertz CT molecular complexity index is 914. The van der Waals surface area contributed by atoms with E-state index in [9.17, 15) is 4.79 Å². The van der Waals surface area contributed by atoms with Gasteiger partial charge < -0.3 is 4.74 Å². The van der Waals surface area contributed by atoms with Crippen molar-refractivity contribution in [1.82, 2.24) is 4.98 Å². The fraction of sp³-hybridized carbons (Fsp3) is 0.333. The van der Waals surface area contributed by atoms with Gasteiger partial charge in [0.2, 0.25) is 0 Å². The van der Waals surface area contributed by atoms with E-state index >= 15 is 0 Å². The Morgan fingerprint density at radius 1 is 1.12 bits per heavy atom. The number of benzene rings is 2. The van der Waals surface area contributed by atoms with Gasteiger partial charge in [0.05, 0.1) is 11.8 Å². The number of rotatable bonds is 4. The lowest BCUT2D eigenvalue weighted by Crippen LogP contribution is -2.11. The van der Waals surface area contributed by atoms with Crippen LogP contribution in [0.4, 0.5) is 5.13 Å². The summed E-state index contributed by atoms with van der Waals surface area (Å²) in [5.41, 5.74) is 2.83. The minimum Gasteiger partial charge on any atom is -0.494 e. The molecule has 1 N–H and O–H groups in total. The summed E-state index contributed by atoms with van der Waals surface area (Å²) in [6, 6.07) is 13.4. The highest BCUT2D eigenvalue weighted by molar-refractivity contribution is 7.22. The van der Waals surface area contributed by atoms with E-state index in [1.165, 1.54) is 37.7 Å². The summed E-state index contributed by atoms with van der Waals surface area (Å²) in [4.78, 5) is 17.1. The van der Waals surface area contributed by atoms with Crippen molar-refractivity contribution >= 4 is 32.6 Å². The van der Waals surface area contributed by atoms with E-state index in [-0.39, 0.29) is 5.91 Å². The second-order valence-electron chi connectivity index (χ2n) is 6.71. The van der Waals surface area contributed by atoms with Crippen LogP contribution in [0, 0.1) is 0 Å². The highest BCUT2D eigenvalue weighted by Crippen LogP contribution is 2.42. The number of hydrogen-bond acceptors (Lipinski definition) is 4. The van der Waals surface area contributed by atoms with E-state index in [1.54, 1.807) is 30.6 Å². The Balaban J connectivity index is 1.69. The monoisotopic (exact) mass is 366 g/mol. The van der Waals surface area contributed by atoms with Crippen LogP contribution in [0.3, 0.4) is 0 Å². The molecule has 3 aromatic rings. The van der Waals surface area contributed by atoms with Crippen LogP contribution in [0.15, 0.2) is 42.5 Å². The molecule has 26 heavy (non-hydrogen) atoms. The maximum atomic E-state index is 12.5. The van der Waals surface area contributed by atoms with E-state index in [4.69, 9.17) is 4.74 Å². The Hall–Kier alpha value is -2.40. The number of nitrogens with zero attached hydrogens (tertiary/aromatic N) is 1. The minimum absolute atomic E-state index is 0.136. The average Bonchev–Trinajstić information content (AvgIpc) is 3.12.